The van der Waals surface area contributed by atoms with Crippen molar-refractivity contribution in [3.63, 3.8) is 0 Å². The van der Waals surface area contributed by atoms with Crippen molar-refractivity contribution in [2.45, 2.75) is 25.5 Å². The van der Waals surface area contributed by atoms with E-state index < -0.39 is 5.60 Å². The molecule has 0 aliphatic carbocycles. The molecule has 1 atom stereocenters. The molecule has 1 amide bonds. The zero-order chi connectivity index (χ0) is 16.6. The molecule has 1 aromatic heterocycles. The fourth-order valence-corrected chi connectivity index (χ4v) is 3.60. The van der Waals surface area contributed by atoms with Crippen LogP contribution in [0.4, 0.5) is 0 Å². The number of likely N-dealkylation sites (N-methyl/N-ethyl adjacent to an activating group) is 1. The first-order valence-corrected chi connectivity index (χ1v) is 8.18. The molecule has 1 aromatic carbocycles. The van der Waals surface area contributed by atoms with Crippen LogP contribution in [0, 0.1) is 0 Å². The van der Waals surface area contributed by atoms with E-state index in [2.05, 4.69) is 11.5 Å². The number of nitrogens with zero attached hydrogens (tertiary/aromatic N) is 3. The van der Waals surface area contributed by atoms with E-state index in [1.54, 1.807) is 4.90 Å². The van der Waals surface area contributed by atoms with Crippen molar-refractivity contribution in [3.05, 3.63) is 36.0 Å². The number of aryl methyl sites for hydroxylation is 1. The average Bonchev–Trinajstić information content (AvgIpc) is 3.07. The summed E-state index contributed by atoms with van der Waals surface area (Å²) in [4.78, 5) is 16.7. The van der Waals surface area contributed by atoms with E-state index in [0.717, 1.165) is 23.0 Å². The van der Waals surface area contributed by atoms with Crippen molar-refractivity contribution in [2.24, 2.45) is 0 Å². The minimum atomic E-state index is -0.803. The monoisotopic (exact) mass is 315 g/mol. The van der Waals surface area contributed by atoms with Crippen LogP contribution in [-0.2, 0) is 6.54 Å². The Labute approximate surface area is 137 Å². The second-order valence-corrected chi connectivity index (χ2v) is 6.78. The van der Waals surface area contributed by atoms with Crippen molar-refractivity contribution in [2.75, 3.05) is 33.7 Å². The topological polar surface area (TPSA) is 48.7 Å². The fourth-order valence-electron chi connectivity index (χ4n) is 3.60. The highest BCUT2D eigenvalue weighted by Gasteiger charge is 2.39. The maximum Gasteiger partial charge on any atom is 0.256 e. The Morgan fingerprint density at radius 2 is 2.09 bits per heavy atom. The number of likely N-dealkylation sites (tertiary alicyclic amines) is 1. The van der Waals surface area contributed by atoms with Crippen molar-refractivity contribution in [1.82, 2.24) is 14.4 Å². The number of rotatable bonds is 4. The summed E-state index contributed by atoms with van der Waals surface area (Å²) in [5.74, 6) is 0.0167. The molecule has 1 aliphatic heterocycles. The Morgan fingerprint density at radius 3 is 2.78 bits per heavy atom. The van der Waals surface area contributed by atoms with E-state index in [4.69, 9.17) is 0 Å². The Balaban J connectivity index is 1.87. The molecule has 124 valence electrons. The summed E-state index contributed by atoms with van der Waals surface area (Å²) in [7, 11) is 3.88. The van der Waals surface area contributed by atoms with Gasteiger partial charge in [-0.25, -0.2) is 0 Å². The van der Waals surface area contributed by atoms with Gasteiger partial charge in [0.2, 0.25) is 0 Å². The number of carbonyl (C=O) groups is 1. The maximum absolute atomic E-state index is 13.0. The van der Waals surface area contributed by atoms with Gasteiger partial charge in [-0.05, 0) is 33.5 Å². The lowest BCUT2D eigenvalue weighted by atomic mass is 10.0. The van der Waals surface area contributed by atoms with Crippen molar-refractivity contribution >= 4 is 16.8 Å². The molecule has 0 saturated carbocycles. The van der Waals surface area contributed by atoms with Crippen LogP contribution in [0.1, 0.15) is 23.7 Å². The molecule has 1 fully saturated rings. The molecule has 2 heterocycles. The van der Waals surface area contributed by atoms with Crippen LogP contribution in [0.25, 0.3) is 10.9 Å². The third kappa shape index (κ3) is 2.99. The molecule has 23 heavy (non-hydrogen) atoms. The first-order chi connectivity index (χ1) is 10.9. The minimum absolute atomic E-state index is 0.0167. The minimum Gasteiger partial charge on any atom is -0.387 e. The summed E-state index contributed by atoms with van der Waals surface area (Å²) >= 11 is 0. The number of β-amino-alcohol motifs (C(OH)–C–C–N with tert-alkyl or cyclic N) is 1. The van der Waals surface area contributed by atoms with Crippen LogP contribution in [0.5, 0.6) is 0 Å². The summed E-state index contributed by atoms with van der Waals surface area (Å²) in [5, 5.41) is 11.6. The van der Waals surface area contributed by atoms with E-state index in [1.165, 1.54) is 0 Å². The fraction of sp³-hybridized carbons (Fsp3) is 0.500. The SMILES string of the molecule is CCn1cc(C(=O)N2CCC(O)(CN(C)C)C2)c2ccccc21. The Hall–Kier alpha value is -1.85. The molecule has 2 aromatic rings. The van der Waals surface area contributed by atoms with Gasteiger partial charge in [0.05, 0.1) is 17.7 Å². The Morgan fingerprint density at radius 1 is 1.35 bits per heavy atom. The molecule has 5 nitrogen and oxygen atoms in total. The Kier molecular flexibility index (Phi) is 4.17. The molecular formula is C18H25N3O2. The van der Waals surface area contributed by atoms with Crippen LogP contribution in [-0.4, -0.2) is 64.7 Å². The zero-order valence-electron chi connectivity index (χ0n) is 14.1. The van der Waals surface area contributed by atoms with Gasteiger partial charge in [-0.1, -0.05) is 18.2 Å². The van der Waals surface area contributed by atoms with Crippen molar-refractivity contribution in [3.8, 4) is 0 Å². The number of hydrogen-bond acceptors (Lipinski definition) is 3. The number of fused-ring (bicyclic) bond motifs is 1. The molecule has 3 rings (SSSR count). The predicted molar refractivity (Wildman–Crippen MR) is 91.6 cm³/mol. The molecule has 5 heteroatoms. The lowest BCUT2D eigenvalue weighted by Crippen LogP contribution is -2.43. The van der Waals surface area contributed by atoms with Gasteiger partial charge in [0.1, 0.15) is 0 Å². The molecular weight excluding hydrogens is 290 g/mol. The van der Waals surface area contributed by atoms with Gasteiger partial charge >= 0.3 is 0 Å². The number of hydrogen-bond donors (Lipinski definition) is 1. The van der Waals surface area contributed by atoms with Crippen LogP contribution >= 0.6 is 0 Å². The molecule has 1 saturated heterocycles. The van der Waals surface area contributed by atoms with Crippen molar-refractivity contribution < 1.29 is 9.90 Å². The highest BCUT2D eigenvalue weighted by molar-refractivity contribution is 6.07. The highest BCUT2D eigenvalue weighted by atomic mass is 16.3. The zero-order valence-corrected chi connectivity index (χ0v) is 14.1. The van der Waals surface area contributed by atoms with E-state index in [0.29, 0.717) is 26.1 Å². The number of aliphatic hydroxyl groups is 1. The number of para-hydroxylation sites is 1. The summed E-state index contributed by atoms with van der Waals surface area (Å²) in [6.45, 7) is 4.49. The highest BCUT2D eigenvalue weighted by Crippen LogP contribution is 2.27. The lowest BCUT2D eigenvalue weighted by Gasteiger charge is -2.26. The number of carbonyl (C=O) groups excluding carboxylic acids is 1. The quantitative estimate of drug-likeness (QED) is 0.936. The molecule has 0 spiro atoms. The maximum atomic E-state index is 13.0. The van der Waals surface area contributed by atoms with Crippen LogP contribution in [0.2, 0.25) is 0 Å². The van der Waals surface area contributed by atoms with Gasteiger partial charge in [0.15, 0.2) is 0 Å². The molecule has 1 unspecified atom stereocenters. The smallest absolute Gasteiger partial charge is 0.256 e. The normalized spacial score (nSPS) is 21.5. The van der Waals surface area contributed by atoms with Crippen molar-refractivity contribution in [1.29, 1.82) is 0 Å². The van der Waals surface area contributed by atoms with Gasteiger partial charge in [-0.15, -0.1) is 0 Å². The second-order valence-electron chi connectivity index (χ2n) is 6.78. The van der Waals surface area contributed by atoms with Gasteiger partial charge in [0, 0.05) is 36.7 Å². The summed E-state index contributed by atoms with van der Waals surface area (Å²) in [6, 6.07) is 8.00. The van der Waals surface area contributed by atoms with E-state index >= 15 is 0 Å². The van der Waals surface area contributed by atoms with Crippen LogP contribution in [0.15, 0.2) is 30.5 Å². The third-order valence-corrected chi connectivity index (χ3v) is 4.59. The molecule has 1 N–H and O–H groups in total. The average molecular weight is 315 g/mol. The lowest BCUT2D eigenvalue weighted by molar-refractivity contribution is 0.0236. The van der Waals surface area contributed by atoms with E-state index in [9.17, 15) is 9.90 Å². The summed E-state index contributed by atoms with van der Waals surface area (Å²) < 4.78 is 2.10. The van der Waals surface area contributed by atoms with E-state index in [-0.39, 0.29) is 5.91 Å². The first kappa shape index (κ1) is 16.0. The largest absolute Gasteiger partial charge is 0.387 e. The summed E-state index contributed by atoms with van der Waals surface area (Å²) in [6.07, 6.45) is 2.57. The first-order valence-electron chi connectivity index (χ1n) is 8.18. The van der Waals surface area contributed by atoms with Gasteiger partial charge in [-0.2, -0.15) is 0 Å². The molecule has 0 bridgehead atoms. The standard InChI is InChI=1S/C18H25N3O2/c1-4-20-11-15(14-7-5-6-8-16(14)20)17(22)21-10-9-18(23,13-21)12-19(2)3/h5-8,11,23H,4,9-10,12-13H2,1-3H3. The molecule has 0 radical (unpaired) electrons. The number of benzene rings is 1. The van der Waals surface area contributed by atoms with Crippen LogP contribution in [0.3, 0.4) is 0 Å². The third-order valence-electron chi connectivity index (χ3n) is 4.59. The van der Waals surface area contributed by atoms with Crippen LogP contribution < -0.4 is 0 Å². The van der Waals surface area contributed by atoms with Gasteiger partial charge in [-0.3, -0.25) is 4.79 Å². The number of amides is 1. The summed E-state index contributed by atoms with van der Waals surface area (Å²) in [5.41, 5.74) is 1.01. The Bertz CT molecular complexity index is 722. The second kappa shape index (κ2) is 5.98. The van der Waals surface area contributed by atoms with E-state index in [1.807, 2.05) is 49.5 Å². The molecule has 1 aliphatic rings. The van der Waals surface area contributed by atoms with Gasteiger partial charge in [0.25, 0.3) is 5.91 Å². The predicted octanol–water partition coefficient (Wildman–Crippen LogP) is 1.80. The van der Waals surface area contributed by atoms with Gasteiger partial charge < -0.3 is 19.5 Å². The number of aromatic nitrogens is 1.